The number of rotatable bonds is 5. The predicted molar refractivity (Wildman–Crippen MR) is 169 cm³/mol. The molecule has 2 aromatic heterocycles. The maximum absolute atomic E-state index is 16.1. The van der Waals surface area contributed by atoms with Crippen LogP contribution in [0.15, 0.2) is 66.5 Å². The number of benzene rings is 1. The third-order valence-corrected chi connectivity index (χ3v) is 8.96. The minimum atomic E-state index is -1.27. The van der Waals surface area contributed by atoms with Crippen molar-refractivity contribution in [3.63, 3.8) is 0 Å². The number of aryl methyl sites for hydroxylation is 2. The summed E-state index contributed by atoms with van der Waals surface area (Å²) in [5.74, 6) is 1.47. The number of aromatic nitrogens is 2. The van der Waals surface area contributed by atoms with Crippen LogP contribution in [0.2, 0.25) is 0 Å². The largest absolute Gasteiger partial charge is 0.356 e. The maximum Gasteiger partial charge on any atom is 0.249 e. The van der Waals surface area contributed by atoms with Crippen molar-refractivity contribution in [2.45, 2.75) is 45.3 Å². The third-order valence-electron chi connectivity index (χ3n) is 8.96. The quantitative estimate of drug-likeness (QED) is 0.201. The van der Waals surface area contributed by atoms with Gasteiger partial charge in [0.25, 0.3) is 0 Å². The zero-order chi connectivity index (χ0) is 29.7. The van der Waals surface area contributed by atoms with Crippen molar-refractivity contribution in [3.05, 3.63) is 89.4 Å². The smallest absolute Gasteiger partial charge is 0.249 e. The monoisotopic (exact) mass is 562 g/mol. The highest BCUT2D eigenvalue weighted by Gasteiger charge is 2.37. The van der Waals surface area contributed by atoms with Crippen LogP contribution in [0.3, 0.4) is 0 Å². The molecule has 0 radical (unpaired) electrons. The van der Waals surface area contributed by atoms with E-state index in [1.54, 1.807) is 19.4 Å². The molecule has 0 saturated carbocycles. The fourth-order valence-electron chi connectivity index (χ4n) is 6.82. The minimum absolute atomic E-state index is 0.0793. The van der Waals surface area contributed by atoms with Gasteiger partial charge >= 0.3 is 0 Å². The molecule has 4 heterocycles. The molecule has 1 aromatic carbocycles. The van der Waals surface area contributed by atoms with Gasteiger partial charge in [0.1, 0.15) is 19.5 Å². The molecule has 1 unspecified atom stereocenters. The van der Waals surface area contributed by atoms with Gasteiger partial charge in [-0.2, -0.15) is 0 Å². The van der Waals surface area contributed by atoms with E-state index in [2.05, 4.69) is 23.0 Å². The molecule has 1 amide bonds. The number of likely N-dealkylation sites (tertiary alicyclic amines) is 2. The van der Waals surface area contributed by atoms with Crippen molar-refractivity contribution in [3.8, 4) is 11.3 Å². The summed E-state index contributed by atoms with van der Waals surface area (Å²) in [4.78, 5) is 33.3. The summed E-state index contributed by atoms with van der Waals surface area (Å²) < 4.78 is 16.1. The summed E-state index contributed by atoms with van der Waals surface area (Å²) in [6.45, 7) is 14.3. The zero-order valence-corrected chi connectivity index (χ0v) is 24.8. The second kappa shape index (κ2) is 10.9. The predicted octanol–water partition coefficient (Wildman–Crippen LogP) is 4.30. The fourth-order valence-corrected chi connectivity index (χ4v) is 6.82. The van der Waals surface area contributed by atoms with E-state index in [0.29, 0.717) is 28.2 Å². The van der Waals surface area contributed by atoms with Crippen LogP contribution < -0.4 is 10.4 Å². The number of nitrogens with zero attached hydrogens (tertiary/aromatic N) is 6. The van der Waals surface area contributed by atoms with Crippen molar-refractivity contribution in [1.29, 1.82) is 0 Å². The van der Waals surface area contributed by atoms with Crippen LogP contribution in [0.1, 0.15) is 53.4 Å². The van der Waals surface area contributed by atoms with E-state index < -0.39 is 6.17 Å². The Labute approximate surface area is 247 Å². The molecule has 3 aromatic rings. The van der Waals surface area contributed by atoms with E-state index >= 15 is 4.39 Å². The van der Waals surface area contributed by atoms with Gasteiger partial charge in [-0.3, -0.25) is 19.7 Å². The molecule has 1 atom stereocenters. The molecule has 3 aliphatic rings. The van der Waals surface area contributed by atoms with Gasteiger partial charge < -0.3 is 9.80 Å². The maximum atomic E-state index is 16.1. The Morgan fingerprint density at radius 1 is 1.19 bits per heavy atom. The molecule has 0 N–H and O–H groups in total. The van der Waals surface area contributed by atoms with Gasteiger partial charge in [0.15, 0.2) is 6.17 Å². The molecule has 2 aliphatic heterocycles. The molecule has 214 valence electrons. The Balaban J connectivity index is 1.45. The number of pyridine rings is 2. The zero-order valence-electron chi connectivity index (χ0n) is 24.8. The number of anilines is 2. The van der Waals surface area contributed by atoms with Crippen LogP contribution in [-0.2, 0) is 4.79 Å². The first-order valence-corrected chi connectivity index (χ1v) is 14.6. The average Bonchev–Trinajstić information content (AvgIpc) is 3.47. The minimum Gasteiger partial charge on any atom is -0.356 e. The Kier molecular flexibility index (Phi) is 7.21. The standard InChI is InChI=1S/C33H36BFN6O/c1-6-40(30-19(2)10-14-37-21(30)4)32-25(18-24-28(35)23-8-7-9-26(34)27(23)29(24)38-32)31(36-5)39-15-12-22(13-16-39)41-17-11-20(3)33(41)42/h6-10,14,18,22,28H,1,3,11-13,15-17,34H2,2,4-5H3/b36-31+. The van der Waals surface area contributed by atoms with E-state index in [9.17, 15) is 4.79 Å². The summed E-state index contributed by atoms with van der Waals surface area (Å²) in [6.07, 6.45) is 4.67. The third kappa shape index (κ3) is 4.42. The van der Waals surface area contributed by atoms with E-state index in [0.717, 1.165) is 78.3 Å². The number of piperidine rings is 1. The topological polar surface area (TPSA) is 64.9 Å². The van der Waals surface area contributed by atoms with Crippen LogP contribution in [0, 0.1) is 13.8 Å². The van der Waals surface area contributed by atoms with Crippen LogP contribution in [0.5, 0.6) is 0 Å². The molecule has 42 heavy (non-hydrogen) atoms. The number of carbonyl (C=O) groups is 1. The normalized spacial score (nSPS) is 18.9. The van der Waals surface area contributed by atoms with Gasteiger partial charge in [-0.05, 0) is 56.4 Å². The van der Waals surface area contributed by atoms with Crippen LogP contribution in [0.25, 0.3) is 11.3 Å². The Hall–Kier alpha value is -4.27. The van der Waals surface area contributed by atoms with E-state index in [1.165, 1.54) is 0 Å². The number of aliphatic imine (C=N–C) groups is 1. The molecule has 2 saturated heterocycles. The van der Waals surface area contributed by atoms with Crippen molar-refractivity contribution in [2.24, 2.45) is 4.99 Å². The first-order valence-electron chi connectivity index (χ1n) is 14.6. The lowest BCUT2D eigenvalue weighted by molar-refractivity contribution is -0.127. The number of amidine groups is 1. The first-order chi connectivity index (χ1) is 20.2. The average molecular weight is 563 g/mol. The van der Waals surface area contributed by atoms with Crippen LogP contribution in [-0.4, -0.2) is 72.1 Å². The van der Waals surface area contributed by atoms with Gasteiger partial charge in [0, 0.05) is 61.8 Å². The summed E-state index contributed by atoms with van der Waals surface area (Å²) in [5, 5.41) is 0. The van der Waals surface area contributed by atoms with Crippen molar-refractivity contribution < 1.29 is 9.18 Å². The SMILES string of the molecule is Bc1cccc2c1-c1nc(N(C=C)c3c(C)ccnc3C)c(/C(=N\C)N3CCC(N4CCC(=C)C4=O)CC3)cc1C2F. The van der Waals surface area contributed by atoms with Crippen molar-refractivity contribution in [1.82, 2.24) is 19.8 Å². The van der Waals surface area contributed by atoms with Gasteiger partial charge in [0.2, 0.25) is 5.91 Å². The highest BCUT2D eigenvalue weighted by atomic mass is 19.1. The molecule has 2 fully saturated rings. The first kappa shape index (κ1) is 27.9. The molecular formula is C33H36BFN6O. The molecule has 0 bridgehead atoms. The summed E-state index contributed by atoms with van der Waals surface area (Å²) >= 11 is 0. The van der Waals surface area contributed by atoms with Gasteiger partial charge in [-0.25, -0.2) is 9.37 Å². The van der Waals surface area contributed by atoms with Crippen molar-refractivity contribution in [2.75, 3.05) is 31.6 Å². The Morgan fingerprint density at radius 3 is 2.60 bits per heavy atom. The second-order valence-electron chi connectivity index (χ2n) is 11.4. The Morgan fingerprint density at radius 2 is 1.95 bits per heavy atom. The lowest BCUT2D eigenvalue weighted by Crippen LogP contribution is -2.47. The van der Waals surface area contributed by atoms with Crippen LogP contribution in [0.4, 0.5) is 15.9 Å². The number of alkyl halides is 1. The highest BCUT2D eigenvalue weighted by Crippen LogP contribution is 2.46. The van der Waals surface area contributed by atoms with E-state index in [-0.39, 0.29) is 11.9 Å². The summed E-state index contributed by atoms with van der Waals surface area (Å²) in [5.41, 5.74) is 7.91. The lowest BCUT2D eigenvalue weighted by atomic mass is 9.88. The molecule has 0 spiro atoms. The van der Waals surface area contributed by atoms with Gasteiger partial charge in [0.05, 0.1) is 22.6 Å². The fraction of sp³-hybridized carbons (Fsp3) is 0.333. The highest BCUT2D eigenvalue weighted by molar-refractivity contribution is 6.36. The summed E-state index contributed by atoms with van der Waals surface area (Å²) in [7, 11) is 3.77. The lowest BCUT2D eigenvalue weighted by Gasteiger charge is -2.38. The number of fused-ring (bicyclic) bond motifs is 3. The number of hydrogen-bond donors (Lipinski definition) is 0. The second-order valence-corrected chi connectivity index (χ2v) is 11.4. The molecule has 6 rings (SSSR count). The number of amides is 1. The van der Waals surface area contributed by atoms with E-state index in [1.807, 2.05) is 61.8 Å². The molecule has 9 heteroatoms. The Bertz CT molecular complexity index is 1620. The molecule has 1 aliphatic carbocycles. The number of halogens is 1. The van der Waals surface area contributed by atoms with E-state index in [4.69, 9.17) is 9.98 Å². The van der Waals surface area contributed by atoms with Crippen molar-refractivity contribution >= 4 is 36.6 Å². The molecule has 7 nitrogen and oxygen atoms in total. The van der Waals surface area contributed by atoms with Gasteiger partial charge in [-0.1, -0.05) is 36.8 Å². The number of hydrogen-bond acceptors (Lipinski definition) is 5. The van der Waals surface area contributed by atoms with Crippen LogP contribution >= 0.6 is 0 Å². The number of carbonyl (C=O) groups excluding carboxylic acids is 1. The molecular weight excluding hydrogens is 526 g/mol. The van der Waals surface area contributed by atoms with Gasteiger partial charge in [-0.15, -0.1) is 0 Å². The summed E-state index contributed by atoms with van der Waals surface area (Å²) in [6, 6.07) is 9.83.